The molecule has 3 aliphatic rings. The van der Waals surface area contributed by atoms with Crippen molar-refractivity contribution in [3.63, 3.8) is 0 Å². The summed E-state index contributed by atoms with van der Waals surface area (Å²) >= 11 is 16.5. The highest BCUT2D eigenvalue weighted by Crippen LogP contribution is 2.39. The third-order valence-electron chi connectivity index (χ3n) is 11.7. The molecular weight excluding hydrogens is 1770 g/mol. The maximum atomic E-state index is 10.6. The van der Waals surface area contributed by atoms with Crippen molar-refractivity contribution in [1.29, 1.82) is 0 Å². The monoisotopic (exact) mass is 1930 g/mol. The summed E-state index contributed by atoms with van der Waals surface area (Å²) in [7, 11) is -50.0. The van der Waals surface area contributed by atoms with Crippen LogP contribution in [0.25, 0.3) is 0 Å². The lowest BCUT2D eigenvalue weighted by atomic mass is 10.8. The zero-order valence-corrected chi connectivity index (χ0v) is 98.5. The smallest absolute Gasteiger partial charge is 0.329 e. The molecule has 0 bridgehead atoms. The van der Waals surface area contributed by atoms with Gasteiger partial charge in [0.1, 0.15) is 7.38 Å². The number of ether oxygens (including phenoxy) is 2. The summed E-state index contributed by atoms with van der Waals surface area (Å²) < 4.78 is 113. The Kier molecular flexibility index (Phi) is 50.9. The molecule has 634 valence electrons. The maximum Gasteiger partial charge on any atom is 0.329 e. The van der Waals surface area contributed by atoms with Crippen LogP contribution < -0.4 is 0 Å². The lowest BCUT2D eigenvalue weighted by Crippen LogP contribution is -2.65. The average Bonchev–Trinajstić information content (AvgIpc) is 0.800. The topological polar surface area (TPSA) is 288 Å². The third-order valence-corrected chi connectivity index (χ3v) is 82.0. The van der Waals surface area contributed by atoms with Gasteiger partial charge in [-0.3, -0.25) is 0 Å². The van der Waals surface area contributed by atoms with E-state index in [1.54, 1.807) is 19.6 Å². The summed E-state index contributed by atoms with van der Waals surface area (Å²) in [6.45, 7) is 92.1. The molecule has 0 aromatic rings. The predicted octanol–water partition coefficient (Wildman–Crippen LogP) is 18.0. The Balaban J connectivity index is -0.000000408. The van der Waals surface area contributed by atoms with Crippen LogP contribution in [0.3, 0.4) is 0 Å². The maximum absolute atomic E-state index is 10.6. The molecule has 3 saturated heterocycles. The number of hydrogen-bond donors (Lipinski definition) is 6. The fourth-order valence-electron chi connectivity index (χ4n) is 11.7. The first kappa shape index (κ1) is 117. The van der Waals surface area contributed by atoms with Crippen molar-refractivity contribution in [2.75, 3.05) is 26.4 Å². The van der Waals surface area contributed by atoms with E-state index in [-0.39, 0.29) is 0 Å². The van der Waals surface area contributed by atoms with Crippen LogP contribution in [0.15, 0.2) is 0 Å². The Morgan fingerprint density at radius 2 is 0.481 bits per heavy atom. The Morgan fingerprint density at radius 3 is 0.654 bits per heavy atom. The molecule has 24 nitrogen and oxygen atoms in total. The zero-order chi connectivity index (χ0) is 84.8. The van der Waals surface area contributed by atoms with E-state index in [0.29, 0.717) is 24.2 Å². The van der Waals surface area contributed by atoms with Gasteiger partial charge < -0.3 is 104 Å². The Morgan fingerprint density at radius 1 is 0.288 bits per heavy atom. The fourth-order valence-corrected chi connectivity index (χ4v) is 107. The highest BCUT2D eigenvalue weighted by atomic mass is 35.7. The number of hydrogen-bond acceptors (Lipinski definition) is 24. The van der Waals surface area contributed by atoms with E-state index in [9.17, 15) is 19.2 Å². The van der Waals surface area contributed by atoms with Gasteiger partial charge in [0.25, 0.3) is 0 Å². The van der Waals surface area contributed by atoms with Gasteiger partial charge in [0.05, 0.1) is 0 Å². The van der Waals surface area contributed by atoms with Crippen molar-refractivity contribution in [1.82, 2.24) is 0 Å². The Labute approximate surface area is 674 Å². The molecule has 0 aliphatic carbocycles. The molecule has 3 rings (SSSR count). The fraction of sp³-hybridized carbons (Fsp3) is 1.00. The van der Waals surface area contributed by atoms with E-state index >= 15 is 0 Å². The Hall–Kier alpha value is 4.68. The van der Waals surface area contributed by atoms with Crippen LogP contribution in [-0.2, 0) is 75.3 Å². The molecule has 0 saturated carbocycles. The van der Waals surface area contributed by atoms with E-state index in [2.05, 4.69) is 124 Å². The van der Waals surface area contributed by atoms with E-state index in [1.807, 2.05) is 132 Å². The van der Waals surface area contributed by atoms with Crippen molar-refractivity contribution in [3.8, 4) is 0 Å². The summed E-state index contributed by atoms with van der Waals surface area (Å²) in [5, 5.41) is 0. The van der Waals surface area contributed by atoms with Crippen LogP contribution in [0.5, 0.6) is 0 Å². The first-order valence-electron chi connectivity index (χ1n) is 36.5. The van der Waals surface area contributed by atoms with E-state index in [0.717, 1.165) is 38.5 Å². The summed E-state index contributed by atoms with van der Waals surface area (Å²) in [5.41, 5.74) is 0. The first-order chi connectivity index (χ1) is 44.8. The van der Waals surface area contributed by atoms with Crippen LogP contribution in [-0.4, -0.2) is 240 Å². The highest BCUT2D eigenvalue weighted by molar-refractivity contribution is 7.44. The van der Waals surface area contributed by atoms with Gasteiger partial charge >= 0.3 is 154 Å². The van der Waals surface area contributed by atoms with Crippen molar-refractivity contribution >= 4 is 218 Å². The number of rotatable bonds is 21. The minimum atomic E-state index is -3.11. The van der Waals surface area contributed by atoms with Crippen molar-refractivity contribution in [2.24, 2.45) is 0 Å². The van der Waals surface area contributed by atoms with Gasteiger partial charge in [0.2, 0.25) is 6.69 Å². The average molecular weight is 1930 g/mol. The first-order valence-corrected chi connectivity index (χ1v) is 102. The van der Waals surface area contributed by atoms with E-state index in [1.165, 1.54) is 19.6 Å². The largest absolute Gasteiger partial charge is 0.437 e. The molecule has 104 heavy (non-hydrogen) atoms. The molecule has 49 heteroatoms. The second-order valence-electron chi connectivity index (χ2n) is 36.2. The normalized spacial score (nSPS) is 22.8. The second kappa shape index (κ2) is 45.2. The summed E-state index contributed by atoms with van der Waals surface area (Å²) in [5.74, 6) is 0. The van der Waals surface area contributed by atoms with Gasteiger partial charge in [0, 0.05) is 26.4 Å². The van der Waals surface area contributed by atoms with Crippen LogP contribution in [0, 0.1) is 0 Å². The molecule has 0 aromatic heterocycles. The summed E-state index contributed by atoms with van der Waals surface area (Å²) in [4.78, 5) is 56.5. The standard InChI is InChI=1S/C18H52O7Si8.C12H36O7Si6.C10H30O6Si5.2C4H10O.C3H9ClSi.C2H6Cl2Si.C2H8O2Si/c1-26(2,3)19-28(7,8)23-32(15,20-27(4,5)6)17-18-33(16)24-30(11,12)21-29(9,10)22-31(13,14)25-33;1-20(2,13)15-24(9,14)11-12-25(10)18-22(5,6)16-21(3,4)17-23(7,8)19-25;1-17(2)13-18(3,4)15-21(8,10-9-20(7,11)12)16-19(5,6)14-17;2*1-3-5-4-2;3*1-5(2,3)4/h17-18H2,1-16H3;13-14H,11-12H2,1-10H3;11-12H,9-10H2,1-8H3;2*3-4H2,1-2H3;1-3H3;1-2H3;3-4H,1-2H3. The van der Waals surface area contributed by atoms with Gasteiger partial charge in [-0.25, -0.2) is 0 Å². The van der Waals surface area contributed by atoms with Gasteiger partial charge in [-0.1, -0.05) is 19.6 Å². The molecule has 0 aromatic carbocycles. The molecule has 3 aliphatic heterocycles. The van der Waals surface area contributed by atoms with Gasteiger partial charge in [0.15, 0.2) is 16.6 Å². The quantitative estimate of drug-likeness (QED) is 0.0460. The van der Waals surface area contributed by atoms with E-state index < -0.39 is 185 Å². The van der Waals surface area contributed by atoms with Crippen molar-refractivity contribution in [2.45, 2.75) is 332 Å². The molecule has 2 unspecified atom stereocenters. The molecule has 2 atom stereocenters. The lowest BCUT2D eigenvalue weighted by Gasteiger charge is -2.48. The summed E-state index contributed by atoms with van der Waals surface area (Å²) in [6, 6.07) is 3.59. The molecule has 0 amide bonds. The number of halogens is 3. The molecular formula is C55H161Cl3O24Si22. The Bertz CT molecular complexity index is 2270. The second-order valence-corrected chi connectivity index (χ2v) is 125. The third kappa shape index (κ3) is 75.4. The lowest BCUT2D eigenvalue weighted by molar-refractivity contribution is 0.162. The molecule has 0 radical (unpaired) electrons. The highest BCUT2D eigenvalue weighted by Gasteiger charge is 2.57. The van der Waals surface area contributed by atoms with Crippen molar-refractivity contribution in [3.05, 3.63) is 0 Å². The zero-order valence-electron chi connectivity index (χ0n) is 74.2. The van der Waals surface area contributed by atoms with Crippen LogP contribution >= 0.6 is 33.2 Å². The van der Waals surface area contributed by atoms with Gasteiger partial charge in [-0.05, 0) is 313 Å². The summed E-state index contributed by atoms with van der Waals surface area (Å²) in [6.07, 6.45) is 0. The molecule has 0 spiro atoms. The van der Waals surface area contributed by atoms with E-state index in [4.69, 9.17) is 118 Å². The molecule has 3 heterocycles. The SMILES string of the molecule is CCOCC.CCOCC.C[Si](C)(C)Cl.C[Si](C)(C)O[Si](C)(C)O[Si](C)(CC[Si]1(C)O[Si](C)(C)O[Si](C)(C)O[Si](C)(C)O1)O[Si](C)(C)C.C[Si](C)(Cl)Cl.C[Si](C)(O)O.C[Si](C)(O)O[Si](C)(O)CC[Si]1(C)O[Si](C)(C)O[Si](C)(C)O[Si](C)(C)O1.C[Si](O)(O)CC[Si]1(C)O[Si](C)(C)O[Si](C)(C)O[Si](C)(C)O1. The van der Waals surface area contributed by atoms with Crippen molar-refractivity contribution < 1.29 is 104 Å². The molecule has 3 fully saturated rings. The van der Waals surface area contributed by atoms with Crippen LogP contribution in [0.2, 0.25) is 305 Å². The van der Waals surface area contributed by atoms with Gasteiger partial charge in [-0.15, -0.1) is 22.2 Å². The van der Waals surface area contributed by atoms with Crippen LogP contribution in [0.1, 0.15) is 27.7 Å². The van der Waals surface area contributed by atoms with Gasteiger partial charge in [-0.2, -0.15) is 11.1 Å². The molecule has 6 N–H and O–H groups in total. The minimum absolute atomic E-state index is 0.353. The van der Waals surface area contributed by atoms with Crippen LogP contribution in [0.4, 0.5) is 0 Å². The minimum Gasteiger partial charge on any atom is -0.437 e. The predicted molar refractivity (Wildman–Crippen MR) is 488 cm³/mol.